The maximum Gasteiger partial charge on any atom is 0.335 e. The fourth-order valence-corrected chi connectivity index (χ4v) is 2.95. The summed E-state index contributed by atoms with van der Waals surface area (Å²) in [6.45, 7) is 2.13. The van der Waals surface area contributed by atoms with Crippen molar-refractivity contribution >= 4 is 24.0 Å². The molecule has 0 atom stereocenters. The Labute approximate surface area is 170 Å². The maximum atomic E-state index is 14.1. The number of carboxylic acids is 1. The van der Waals surface area contributed by atoms with Crippen LogP contribution < -0.4 is 10.3 Å². The predicted molar refractivity (Wildman–Crippen MR) is 107 cm³/mol. The monoisotopic (exact) mass is 411 g/mol. The summed E-state index contributed by atoms with van der Waals surface area (Å²) in [5, 5.41) is 13.1. The van der Waals surface area contributed by atoms with E-state index < -0.39 is 11.8 Å². The maximum absolute atomic E-state index is 14.1. The normalized spacial score (nSPS) is 14.2. The summed E-state index contributed by atoms with van der Waals surface area (Å²) in [6, 6.07) is 9.85. The van der Waals surface area contributed by atoms with Gasteiger partial charge in [-0.05, 0) is 24.3 Å². The van der Waals surface area contributed by atoms with E-state index in [-0.39, 0.29) is 17.3 Å². The van der Waals surface area contributed by atoms with Crippen LogP contribution >= 0.6 is 0 Å². The fraction of sp³-hybridized carbons (Fsp3) is 0.200. The van der Waals surface area contributed by atoms with Crippen LogP contribution in [0, 0.1) is 5.82 Å². The van der Waals surface area contributed by atoms with E-state index in [1.54, 1.807) is 29.2 Å². The van der Waals surface area contributed by atoms with Gasteiger partial charge in [0, 0.05) is 18.7 Å². The lowest BCUT2D eigenvalue weighted by Crippen LogP contribution is -2.37. The van der Waals surface area contributed by atoms with E-state index >= 15 is 0 Å². The highest BCUT2D eigenvalue weighted by atomic mass is 19.1. The van der Waals surface area contributed by atoms with E-state index in [1.165, 1.54) is 18.3 Å². The van der Waals surface area contributed by atoms with E-state index in [1.807, 2.05) is 0 Å². The average Bonchev–Trinajstić information content (AvgIpc) is 3.24. The van der Waals surface area contributed by atoms with E-state index in [0.717, 1.165) is 6.20 Å². The van der Waals surface area contributed by atoms with Crippen LogP contribution in [0.25, 0.3) is 11.3 Å². The molecular weight excluding hydrogens is 393 g/mol. The van der Waals surface area contributed by atoms with Gasteiger partial charge in [0.1, 0.15) is 11.5 Å². The van der Waals surface area contributed by atoms with Crippen molar-refractivity contribution in [2.45, 2.75) is 0 Å². The first kappa shape index (κ1) is 19.5. The van der Waals surface area contributed by atoms with Crippen molar-refractivity contribution in [2.24, 2.45) is 5.10 Å². The second-order valence-electron chi connectivity index (χ2n) is 6.42. The molecule has 2 aromatic heterocycles. The van der Waals surface area contributed by atoms with Crippen LogP contribution in [0.4, 0.5) is 16.2 Å². The number of hydrazone groups is 1. The summed E-state index contributed by atoms with van der Waals surface area (Å²) in [4.78, 5) is 21.0. The summed E-state index contributed by atoms with van der Waals surface area (Å²) in [6.07, 6.45) is 2.52. The van der Waals surface area contributed by atoms with Gasteiger partial charge in [-0.2, -0.15) is 10.1 Å². The minimum atomic E-state index is -1.01. The molecular formula is C20H18FN5O4. The van der Waals surface area contributed by atoms with Crippen LogP contribution in [-0.2, 0) is 4.74 Å². The van der Waals surface area contributed by atoms with E-state index in [0.29, 0.717) is 43.4 Å². The number of aromatic nitrogens is 2. The summed E-state index contributed by atoms with van der Waals surface area (Å²) in [5.41, 5.74) is 3.47. The molecule has 1 aliphatic rings. The second kappa shape index (κ2) is 8.70. The van der Waals surface area contributed by atoms with E-state index in [9.17, 15) is 9.18 Å². The topological polar surface area (TPSA) is 113 Å². The zero-order valence-electron chi connectivity index (χ0n) is 15.8. The third-order valence-electron chi connectivity index (χ3n) is 4.41. The van der Waals surface area contributed by atoms with Crippen LogP contribution in [0.5, 0.6) is 0 Å². The molecule has 2 N–H and O–H groups in total. The quantitative estimate of drug-likeness (QED) is 0.470. The van der Waals surface area contributed by atoms with Crippen LogP contribution in [0.15, 0.2) is 52.1 Å². The van der Waals surface area contributed by atoms with Gasteiger partial charge in [-0.3, -0.25) is 0 Å². The van der Waals surface area contributed by atoms with Gasteiger partial charge in [0.05, 0.1) is 31.2 Å². The van der Waals surface area contributed by atoms with Crippen LogP contribution in [-0.4, -0.2) is 53.6 Å². The molecule has 4 rings (SSSR count). The zero-order chi connectivity index (χ0) is 20.9. The molecule has 3 heterocycles. The first-order valence-corrected chi connectivity index (χ1v) is 9.18. The molecule has 0 aliphatic carbocycles. The Balaban J connectivity index is 1.44. The molecule has 1 fully saturated rings. The van der Waals surface area contributed by atoms with Crippen molar-refractivity contribution in [3.05, 3.63) is 59.7 Å². The van der Waals surface area contributed by atoms with Gasteiger partial charge < -0.3 is 19.2 Å². The molecule has 0 saturated carbocycles. The Morgan fingerprint density at radius 1 is 1.27 bits per heavy atom. The van der Waals surface area contributed by atoms with Gasteiger partial charge in [-0.25, -0.2) is 19.6 Å². The predicted octanol–water partition coefficient (Wildman–Crippen LogP) is 2.86. The first-order valence-electron chi connectivity index (χ1n) is 9.18. The number of carboxylic acid groups (broad SMARTS) is 1. The van der Waals surface area contributed by atoms with Gasteiger partial charge in [-0.15, -0.1) is 0 Å². The highest BCUT2D eigenvalue weighted by molar-refractivity contribution is 5.89. The molecule has 30 heavy (non-hydrogen) atoms. The smallest absolute Gasteiger partial charge is 0.335 e. The lowest BCUT2D eigenvalue weighted by Gasteiger charge is -2.27. The first-order chi connectivity index (χ1) is 14.6. The number of rotatable bonds is 6. The molecule has 10 heteroatoms. The number of carbonyl (C=O) groups is 1. The largest absolute Gasteiger partial charge is 0.478 e. The van der Waals surface area contributed by atoms with E-state index in [4.69, 9.17) is 14.3 Å². The molecule has 0 bridgehead atoms. The highest BCUT2D eigenvalue weighted by Crippen LogP contribution is 2.23. The Kier molecular flexibility index (Phi) is 5.66. The van der Waals surface area contributed by atoms with Crippen molar-refractivity contribution in [2.75, 3.05) is 36.6 Å². The van der Waals surface area contributed by atoms with Gasteiger partial charge in [0.25, 0.3) is 0 Å². The Hall–Kier alpha value is -3.79. The lowest BCUT2D eigenvalue weighted by molar-refractivity contribution is 0.0697. The number of nitrogens with zero attached hydrogens (tertiary/aromatic N) is 4. The summed E-state index contributed by atoms with van der Waals surface area (Å²) < 4.78 is 25.0. The molecule has 3 aromatic rings. The van der Waals surface area contributed by atoms with Gasteiger partial charge in [0.2, 0.25) is 5.95 Å². The molecule has 0 radical (unpaired) electrons. The standard InChI is InChI=1S/C20H18FN5O4/c21-16-12-22-20(24-18(16)26-6-8-29-9-7-26)25-23-11-15-4-5-17(30-15)13-2-1-3-14(10-13)19(27)28/h1-5,10-12H,6-9H2,(H,27,28)(H,22,24,25)/b23-11-. The Morgan fingerprint density at radius 2 is 2.10 bits per heavy atom. The number of ether oxygens (including phenoxy) is 1. The highest BCUT2D eigenvalue weighted by Gasteiger charge is 2.17. The van der Waals surface area contributed by atoms with Crippen LogP contribution in [0.1, 0.15) is 16.1 Å². The molecule has 0 amide bonds. The van der Waals surface area contributed by atoms with Crippen molar-refractivity contribution in [3.8, 4) is 11.3 Å². The summed E-state index contributed by atoms with van der Waals surface area (Å²) in [5.74, 6) is -0.226. The third-order valence-corrected chi connectivity index (χ3v) is 4.41. The number of anilines is 2. The number of hydrogen-bond acceptors (Lipinski definition) is 8. The molecule has 9 nitrogen and oxygen atoms in total. The van der Waals surface area contributed by atoms with Crippen molar-refractivity contribution < 1.29 is 23.4 Å². The number of aromatic carboxylic acids is 1. The second-order valence-corrected chi connectivity index (χ2v) is 6.42. The molecule has 154 valence electrons. The molecule has 0 spiro atoms. The van der Waals surface area contributed by atoms with Crippen molar-refractivity contribution in [1.82, 2.24) is 9.97 Å². The average molecular weight is 411 g/mol. The number of furan rings is 1. The van der Waals surface area contributed by atoms with Crippen LogP contribution in [0.2, 0.25) is 0 Å². The number of hydrogen-bond donors (Lipinski definition) is 2. The van der Waals surface area contributed by atoms with Crippen molar-refractivity contribution in [1.29, 1.82) is 0 Å². The fourth-order valence-electron chi connectivity index (χ4n) is 2.95. The number of morpholine rings is 1. The van der Waals surface area contributed by atoms with Gasteiger partial charge in [0.15, 0.2) is 11.6 Å². The Bertz CT molecular complexity index is 1080. The minimum Gasteiger partial charge on any atom is -0.478 e. The summed E-state index contributed by atoms with van der Waals surface area (Å²) in [7, 11) is 0. The number of nitrogens with one attached hydrogen (secondary N) is 1. The molecule has 0 unspecified atom stereocenters. The summed E-state index contributed by atoms with van der Waals surface area (Å²) >= 11 is 0. The minimum absolute atomic E-state index is 0.148. The van der Waals surface area contributed by atoms with Crippen molar-refractivity contribution in [3.63, 3.8) is 0 Å². The molecule has 1 aliphatic heterocycles. The zero-order valence-corrected chi connectivity index (χ0v) is 15.8. The van der Waals surface area contributed by atoms with E-state index in [2.05, 4.69) is 20.5 Å². The number of benzene rings is 1. The molecule has 1 aromatic carbocycles. The lowest BCUT2D eigenvalue weighted by atomic mass is 10.1. The SMILES string of the molecule is O=C(O)c1cccc(-c2ccc(/C=N\Nc3ncc(F)c(N4CCOCC4)n3)o2)c1. The Morgan fingerprint density at radius 3 is 2.90 bits per heavy atom. The van der Waals surface area contributed by atoms with Gasteiger partial charge in [-0.1, -0.05) is 12.1 Å². The van der Waals surface area contributed by atoms with Gasteiger partial charge >= 0.3 is 5.97 Å². The third kappa shape index (κ3) is 4.44. The molecule has 1 saturated heterocycles. The van der Waals surface area contributed by atoms with Crippen LogP contribution in [0.3, 0.4) is 0 Å². The number of halogens is 1.